The Balaban J connectivity index is 1.74. The number of alkyl halides is 3. The van der Waals surface area contributed by atoms with E-state index in [0.717, 1.165) is 44.7 Å². The van der Waals surface area contributed by atoms with Crippen molar-refractivity contribution in [3.05, 3.63) is 35.4 Å². The SMILES string of the molecule is O=C(O)CN1CC[C@H](N(Cc2cccc(C(F)(F)F)c2)C2CCCC2)C1. The molecular formula is C19H25F3N2O2. The van der Waals surface area contributed by atoms with E-state index >= 15 is 0 Å². The van der Waals surface area contributed by atoms with Gasteiger partial charge >= 0.3 is 12.1 Å². The van der Waals surface area contributed by atoms with Crippen molar-refractivity contribution in [2.45, 2.75) is 56.9 Å². The van der Waals surface area contributed by atoms with Crippen molar-refractivity contribution in [2.24, 2.45) is 0 Å². The molecule has 144 valence electrons. The molecule has 1 N–H and O–H groups in total. The number of aliphatic carboxylic acids is 1. The summed E-state index contributed by atoms with van der Waals surface area (Å²) in [6.45, 7) is 1.91. The summed E-state index contributed by atoms with van der Waals surface area (Å²) in [5.74, 6) is -0.837. The van der Waals surface area contributed by atoms with Crippen LogP contribution in [0.2, 0.25) is 0 Å². The van der Waals surface area contributed by atoms with E-state index in [1.165, 1.54) is 12.1 Å². The molecule has 1 aliphatic heterocycles. The van der Waals surface area contributed by atoms with Crippen molar-refractivity contribution >= 4 is 5.97 Å². The number of rotatable bonds is 6. The number of carbonyl (C=O) groups is 1. The van der Waals surface area contributed by atoms with Crippen molar-refractivity contribution in [1.82, 2.24) is 9.80 Å². The van der Waals surface area contributed by atoms with Crippen LogP contribution in [0.3, 0.4) is 0 Å². The molecule has 0 amide bonds. The van der Waals surface area contributed by atoms with E-state index in [0.29, 0.717) is 24.7 Å². The van der Waals surface area contributed by atoms with Crippen LogP contribution in [0.4, 0.5) is 13.2 Å². The third-order valence-electron chi connectivity index (χ3n) is 5.49. The molecule has 0 spiro atoms. The summed E-state index contributed by atoms with van der Waals surface area (Å²) in [4.78, 5) is 15.2. The molecule has 3 rings (SSSR count). The van der Waals surface area contributed by atoms with Crippen LogP contribution in [-0.4, -0.2) is 52.6 Å². The lowest BCUT2D eigenvalue weighted by Crippen LogP contribution is -2.43. The lowest BCUT2D eigenvalue weighted by Gasteiger charge is -2.34. The molecule has 2 fully saturated rings. The number of hydrogen-bond donors (Lipinski definition) is 1. The Morgan fingerprint density at radius 3 is 2.58 bits per heavy atom. The maximum absolute atomic E-state index is 13.0. The molecule has 0 aromatic heterocycles. The summed E-state index contributed by atoms with van der Waals surface area (Å²) in [5, 5.41) is 8.99. The van der Waals surface area contributed by atoms with Crippen molar-refractivity contribution in [1.29, 1.82) is 0 Å². The molecule has 1 aliphatic carbocycles. The second-order valence-corrected chi connectivity index (χ2v) is 7.38. The Kier molecular flexibility index (Phi) is 5.87. The van der Waals surface area contributed by atoms with Gasteiger partial charge in [0.25, 0.3) is 0 Å². The molecule has 2 aliphatic rings. The number of nitrogens with zero attached hydrogens (tertiary/aromatic N) is 2. The summed E-state index contributed by atoms with van der Waals surface area (Å²) < 4.78 is 39.0. The maximum Gasteiger partial charge on any atom is 0.416 e. The molecule has 4 nitrogen and oxygen atoms in total. The monoisotopic (exact) mass is 370 g/mol. The van der Waals surface area contributed by atoms with Gasteiger partial charge in [-0.3, -0.25) is 14.6 Å². The number of carboxylic acid groups (broad SMARTS) is 1. The van der Waals surface area contributed by atoms with Gasteiger partial charge in [0, 0.05) is 31.7 Å². The van der Waals surface area contributed by atoms with Crippen LogP contribution in [0.5, 0.6) is 0 Å². The summed E-state index contributed by atoms with van der Waals surface area (Å²) >= 11 is 0. The van der Waals surface area contributed by atoms with Gasteiger partial charge in [-0.05, 0) is 30.9 Å². The average Bonchev–Trinajstić information content (AvgIpc) is 3.23. The van der Waals surface area contributed by atoms with Gasteiger partial charge in [0.2, 0.25) is 0 Å². The zero-order chi connectivity index (χ0) is 18.7. The first kappa shape index (κ1) is 19.2. The molecule has 1 aromatic rings. The van der Waals surface area contributed by atoms with E-state index in [1.54, 1.807) is 6.07 Å². The Morgan fingerprint density at radius 2 is 1.92 bits per heavy atom. The molecule has 0 unspecified atom stereocenters. The largest absolute Gasteiger partial charge is 0.480 e. The lowest BCUT2D eigenvalue weighted by atomic mass is 10.1. The highest BCUT2D eigenvalue weighted by molar-refractivity contribution is 5.69. The fraction of sp³-hybridized carbons (Fsp3) is 0.632. The van der Waals surface area contributed by atoms with Crippen LogP contribution >= 0.6 is 0 Å². The predicted octanol–water partition coefficient (Wildman–Crippen LogP) is 3.61. The van der Waals surface area contributed by atoms with Crippen LogP contribution < -0.4 is 0 Å². The number of carboxylic acids is 1. The minimum absolute atomic E-state index is 0.0264. The number of likely N-dealkylation sites (tertiary alicyclic amines) is 1. The van der Waals surface area contributed by atoms with Gasteiger partial charge in [0.1, 0.15) is 0 Å². The molecule has 1 saturated carbocycles. The van der Waals surface area contributed by atoms with Crippen LogP contribution in [0.25, 0.3) is 0 Å². The molecule has 7 heteroatoms. The third-order valence-corrected chi connectivity index (χ3v) is 5.49. The summed E-state index contributed by atoms with van der Waals surface area (Å²) in [7, 11) is 0. The quantitative estimate of drug-likeness (QED) is 0.831. The van der Waals surface area contributed by atoms with Gasteiger partial charge in [-0.1, -0.05) is 31.0 Å². The topological polar surface area (TPSA) is 43.8 Å². The third kappa shape index (κ3) is 4.76. The Labute approximate surface area is 151 Å². The van der Waals surface area contributed by atoms with Gasteiger partial charge in [-0.25, -0.2) is 0 Å². The minimum Gasteiger partial charge on any atom is -0.480 e. The normalized spacial score (nSPS) is 22.4. The highest BCUT2D eigenvalue weighted by atomic mass is 19.4. The predicted molar refractivity (Wildman–Crippen MR) is 91.7 cm³/mol. The van der Waals surface area contributed by atoms with E-state index in [9.17, 15) is 18.0 Å². The number of benzene rings is 1. The van der Waals surface area contributed by atoms with Gasteiger partial charge in [-0.2, -0.15) is 13.2 Å². The standard InChI is InChI=1S/C19H25F3N2O2/c20-19(21,22)15-5-3-4-14(10-15)11-24(16-6-1-2-7-16)17-8-9-23(12-17)13-18(25)26/h3-5,10,16-17H,1-2,6-9,11-13H2,(H,25,26)/t17-/m0/s1. The van der Waals surface area contributed by atoms with E-state index < -0.39 is 17.7 Å². The summed E-state index contributed by atoms with van der Waals surface area (Å²) in [6, 6.07) is 6.14. The zero-order valence-electron chi connectivity index (χ0n) is 14.7. The van der Waals surface area contributed by atoms with Crippen molar-refractivity contribution in [3.8, 4) is 0 Å². The minimum atomic E-state index is -4.33. The fourth-order valence-electron chi connectivity index (χ4n) is 4.27. The van der Waals surface area contributed by atoms with Crippen LogP contribution in [-0.2, 0) is 17.5 Å². The number of halogens is 3. The molecule has 0 bridgehead atoms. The highest BCUT2D eigenvalue weighted by Gasteiger charge is 2.35. The maximum atomic E-state index is 13.0. The first-order valence-corrected chi connectivity index (χ1v) is 9.19. The molecule has 26 heavy (non-hydrogen) atoms. The van der Waals surface area contributed by atoms with Gasteiger partial charge in [0.05, 0.1) is 12.1 Å². The first-order chi connectivity index (χ1) is 12.3. The zero-order valence-corrected chi connectivity index (χ0v) is 14.7. The van der Waals surface area contributed by atoms with Crippen LogP contribution in [0.1, 0.15) is 43.2 Å². The highest BCUT2D eigenvalue weighted by Crippen LogP contribution is 2.32. The summed E-state index contributed by atoms with van der Waals surface area (Å²) in [5.41, 5.74) is 0.0590. The Morgan fingerprint density at radius 1 is 1.19 bits per heavy atom. The van der Waals surface area contributed by atoms with E-state index in [2.05, 4.69) is 4.90 Å². The van der Waals surface area contributed by atoms with Gasteiger partial charge in [-0.15, -0.1) is 0 Å². The molecule has 1 heterocycles. The van der Waals surface area contributed by atoms with E-state index in [1.807, 2.05) is 4.90 Å². The number of hydrogen-bond acceptors (Lipinski definition) is 3. The van der Waals surface area contributed by atoms with Gasteiger partial charge < -0.3 is 5.11 Å². The molecule has 1 atom stereocenters. The van der Waals surface area contributed by atoms with Crippen LogP contribution in [0, 0.1) is 0 Å². The Bertz CT molecular complexity index is 629. The van der Waals surface area contributed by atoms with E-state index in [-0.39, 0.29) is 12.6 Å². The molecule has 1 aromatic carbocycles. The molecule has 0 radical (unpaired) electrons. The fourth-order valence-corrected chi connectivity index (χ4v) is 4.27. The van der Waals surface area contributed by atoms with Crippen LogP contribution in [0.15, 0.2) is 24.3 Å². The van der Waals surface area contributed by atoms with Gasteiger partial charge in [0.15, 0.2) is 0 Å². The second kappa shape index (κ2) is 7.96. The Hall–Kier alpha value is -1.60. The second-order valence-electron chi connectivity index (χ2n) is 7.38. The average molecular weight is 370 g/mol. The smallest absolute Gasteiger partial charge is 0.416 e. The molecule has 1 saturated heterocycles. The first-order valence-electron chi connectivity index (χ1n) is 9.19. The summed E-state index contributed by atoms with van der Waals surface area (Å²) in [6.07, 6.45) is 0.954. The van der Waals surface area contributed by atoms with Crippen molar-refractivity contribution in [3.63, 3.8) is 0 Å². The van der Waals surface area contributed by atoms with Crippen molar-refractivity contribution < 1.29 is 23.1 Å². The van der Waals surface area contributed by atoms with E-state index in [4.69, 9.17) is 5.11 Å². The lowest BCUT2D eigenvalue weighted by molar-refractivity contribution is -0.138. The molecular weight excluding hydrogens is 345 g/mol. The van der Waals surface area contributed by atoms with Crippen molar-refractivity contribution in [2.75, 3.05) is 19.6 Å².